The Kier molecular flexibility index (Phi) is 6.26. The van der Waals surface area contributed by atoms with E-state index in [-0.39, 0.29) is 18.4 Å². The van der Waals surface area contributed by atoms with Gasteiger partial charge >= 0.3 is 0 Å². The van der Waals surface area contributed by atoms with Gasteiger partial charge in [0.2, 0.25) is 11.8 Å². The van der Waals surface area contributed by atoms with Gasteiger partial charge in [-0.15, -0.1) is 0 Å². The third-order valence-electron chi connectivity index (χ3n) is 4.81. The van der Waals surface area contributed by atoms with Crippen LogP contribution in [0.15, 0.2) is 36.4 Å². The molecule has 0 spiro atoms. The topological polar surface area (TPSA) is 75.1 Å². The zero-order valence-electron chi connectivity index (χ0n) is 15.7. The molecule has 1 aliphatic heterocycles. The number of benzene rings is 1. The van der Waals surface area contributed by atoms with Crippen molar-refractivity contribution in [1.29, 1.82) is 0 Å². The van der Waals surface area contributed by atoms with Crippen LogP contribution < -0.4 is 9.47 Å². The van der Waals surface area contributed by atoms with Gasteiger partial charge in [0.1, 0.15) is 5.56 Å². The minimum Gasteiger partial charge on any atom is -0.481 e. The summed E-state index contributed by atoms with van der Waals surface area (Å²) in [6.45, 7) is 3.63. The second-order valence-corrected chi connectivity index (χ2v) is 6.41. The van der Waals surface area contributed by atoms with Crippen molar-refractivity contribution in [3.63, 3.8) is 0 Å². The molecule has 2 aromatic rings. The lowest BCUT2D eigenvalue weighted by Crippen LogP contribution is -2.48. The SMILES string of the molecule is COc1ccc(C(=O)N2CCN(Cc3ccccc3CO)CC2)c(OC)n1. The number of amides is 1. The van der Waals surface area contributed by atoms with Crippen molar-refractivity contribution in [3.8, 4) is 11.8 Å². The van der Waals surface area contributed by atoms with Crippen molar-refractivity contribution < 1.29 is 19.4 Å². The molecule has 7 nitrogen and oxygen atoms in total. The van der Waals surface area contributed by atoms with Crippen LogP contribution in [0.4, 0.5) is 0 Å². The average molecular weight is 371 g/mol. The fourth-order valence-electron chi connectivity index (χ4n) is 3.24. The van der Waals surface area contributed by atoms with Gasteiger partial charge in [-0.05, 0) is 17.2 Å². The van der Waals surface area contributed by atoms with Gasteiger partial charge < -0.3 is 19.5 Å². The molecule has 0 unspecified atom stereocenters. The molecule has 7 heteroatoms. The first-order valence-electron chi connectivity index (χ1n) is 8.94. The molecule has 1 N–H and O–H groups in total. The van der Waals surface area contributed by atoms with Crippen LogP contribution in [0.1, 0.15) is 21.5 Å². The number of aromatic nitrogens is 1. The summed E-state index contributed by atoms with van der Waals surface area (Å²) in [5.74, 6) is 0.604. The number of pyridine rings is 1. The molecule has 1 amide bonds. The maximum atomic E-state index is 12.9. The van der Waals surface area contributed by atoms with E-state index >= 15 is 0 Å². The maximum Gasteiger partial charge on any atom is 0.259 e. The van der Waals surface area contributed by atoms with Gasteiger partial charge in [-0.3, -0.25) is 9.69 Å². The first-order chi connectivity index (χ1) is 13.2. The maximum absolute atomic E-state index is 12.9. The Labute approximate surface area is 159 Å². The van der Waals surface area contributed by atoms with E-state index in [0.29, 0.717) is 24.5 Å². The smallest absolute Gasteiger partial charge is 0.259 e. The van der Waals surface area contributed by atoms with Gasteiger partial charge in [-0.1, -0.05) is 24.3 Å². The zero-order chi connectivity index (χ0) is 19.2. The molecule has 1 saturated heterocycles. The highest BCUT2D eigenvalue weighted by molar-refractivity contribution is 5.96. The van der Waals surface area contributed by atoms with E-state index < -0.39 is 0 Å². The highest BCUT2D eigenvalue weighted by Gasteiger charge is 2.25. The first kappa shape index (κ1) is 19.1. The quantitative estimate of drug-likeness (QED) is 0.830. The van der Waals surface area contributed by atoms with Crippen LogP contribution in [0.2, 0.25) is 0 Å². The summed E-state index contributed by atoms with van der Waals surface area (Å²) in [6.07, 6.45) is 0. The minimum absolute atomic E-state index is 0.0406. The van der Waals surface area contributed by atoms with Crippen LogP contribution in [0.25, 0.3) is 0 Å². The molecule has 27 heavy (non-hydrogen) atoms. The van der Waals surface area contributed by atoms with Crippen LogP contribution >= 0.6 is 0 Å². The van der Waals surface area contributed by atoms with Gasteiger partial charge in [0.25, 0.3) is 5.91 Å². The fourth-order valence-corrected chi connectivity index (χ4v) is 3.24. The van der Waals surface area contributed by atoms with E-state index in [9.17, 15) is 9.90 Å². The third-order valence-corrected chi connectivity index (χ3v) is 4.81. The molecular weight excluding hydrogens is 346 g/mol. The normalized spacial score (nSPS) is 14.9. The van der Waals surface area contributed by atoms with Crippen molar-refractivity contribution in [2.24, 2.45) is 0 Å². The molecule has 0 atom stereocenters. The van der Waals surface area contributed by atoms with Crippen molar-refractivity contribution in [2.75, 3.05) is 40.4 Å². The molecule has 0 saturated carbocycles. The summed E-state index contributed by atoms with van der Waals surface area (Å²) in [7, 11) is 3.02. The minimum atomic E-state index is -0.0857. The molecule has 2 heterocycles. The van der Waals surface area contributed by atoms with Gasteiger partial charge in [0.05, 0.1) is 20.8 Å². The summed E-state index contributed by atoms with van der Waals surface area (Å²) < 4.78 is 10.3. The molecule has 1 aliphatic rings. The van der Waals surface area contributed by atoms with Gasteiger partial charge in [0.15, 0.2) is 0 Å². The van der Waals surface area contributed by atoms with E-state index in [0.717, 1.165) is 30.8 Å². The standard InChI is InChI=1S/C20H25N3O4/c1-26-18-8-7-17(19(21-18)27-2)20(25)23-11-9-22(10-12-23)13-15-5-3-4-6-16(15)14-24/h3-8,24H,9-14H2,1-2H3. The summed E-state index contributed by atoms with van der Waals surface area (Å²) in [6, 6.07) is 11.3. The van der Waals surface area contributed by atoms with Crippen LogP contribution in [-0.4, -0.2) is 66.2 Å². The monoisotopic (exact) mass is 371 g/mol. The number of nitrogens with zero attached hydrogens (tertiary/aromatic N) is 3. The fraction of sp³-hybridized carbons (Fsp3) is 0.400. The molecule has 1 aromatic carbocycles. The van der Waals surface area contributed by atoms with Crippen LogP contribution in [0.5, 0.6) is 11.8 Å². The molecule has 144 valence electrons. The highest BCUT2D eigenvalue weighted by atomic mass is 16.5. The van der Waals surface area contributed by atoms with E-state index in [1.807, 2.05) is 29.2 Å². The van der Waals surface area contributed by atoms with Crippen molar-refractivity contribution in [3.05, 3.63) is 53.1 Å². The lowest BCUT2D eigenvalue weighted by molar-refractivity contribution is 0.0623. The number of piperazine rings is 1. The second kappa shape index (κ2) is 8.83. The predicted molar refractivity (Wildman–Crippen MR) is 101 cm³/mol. The van der Waals surface area contributed by atoms with Gasteiger partial charge in [-0.2, -0.15) is 4.98 Å². The van der Waals surface area contributed by atoms with Crippen molar-refractivity contribution in [1.82, 2.24) is 14.8 Å². The Morgan fingerprint density at radius 1 is 1.04 bits per heavy atom. The summed E-state index contributed by atoms with van der Waals surface area (Å²) >= 11 is 0. The van der Waals surface area contributed by atoms with Crippen LogP contribution in [-0.2, 0) is 13.2 Å². The number of rotatable bonds is 6. The van der Waals surface area contributed by atoms with Crippen LogP contribution in [0.3, 0.4) is 0 Å². The number of carbonyl (C=O) groups excluding carboxylic acids is 1. The lowest BCUT2D eigenvalue weighted by Gasteiger charge is -2.35. The van der Waals surface area contributed by atoms with Gasteiger partial charge in [-0.25, -0.2) is 0 Å². The predicted octanol–water partition coefficient (Wildman–Crippen LogP) is 1.55. The number of hydrogen-bond donors (Lipinski definition) is 1. The van der Waals surface area contributed by atoms with E-state index in [2.05, 4.69) is 9.88 Å². The van der Waals surface area contributed by atoms with Crippen LogP contribution in [0, 0.1) is 0 Å². The van der Waals surface area contributed by atoms with Crippen molar-refractivity contribution in [2.45, 2.75) is 13.2 Å². The summed E-state index contributed by atoms with van der Waals surface area (Å²) in [5, 5.41) is 9.48. The zero-order valence-corrected chi connectivity index (χ0v) is 15.7. The molecule has 3 rings (SSSR count). The molecular formula is C20H25N3O4. The molecule has 0 bridgehead atoms. The highest BCUT2D eigenvalue weighted by Crippen LogP contribution is 2.22. The van der Waals surface area contributed by atoms with E-state index in [1.165, 1.54) is 14.2 Å². The van der Waals surface area contributed by atoms with E-state index in [4.69, 9.17) is 9.47 Å². The Balaban J connectivity index is 1.63. The van der Waals surface area contributed by atoms with E-state index in [1.54, 1.807) is 12.1 Å². The number of ether oxygens (including phenoxy) is 2. The number of methoxy groups -OCH3 is 2. The first-order valence-corrected chi connectivity index (χ1v) is 8.94. The summed E-state index contributed by atoms with van der Waals surface area (Å²) in [5.41, 5.74) is 2.52. The average Bonchev–Trinajstić information content (AvgIpc) is 2.73. The lowest BCUT2D eigenvalue weighted by atomic mass is 10.1. The molecule has 1 fully saturated rings. The summed E-state index contributed by atoms with van der Waals surface area (Å²) in [4.78, 5) is 21.2. The number of aliphatic hydroxyl groups excluding tert-OH is 1. The van der Waals surface area contributed by atoms with Gasteiger partial charge in [0, 0.05) is 38.8 Å². The van der Waals surface area contributed by atoms with Crippen molar-refractivity contribution >= 4 is 5.91 Å². The Morgan fingerprint density at radius 2 is 1.74 bits per heavy atom. The Bertz CT molecular complexity index is 789. The molecule has 0 radical (unpaired) electrons. The Hall–Kier alpha value is -2.64. The number of carbonyl (C=O) groups is 1. The molecule has 1 aromatic heterocycles. The third kappa shape index (κ3) is 4.37. The number of hydrogen-bond acceptors (Lipinski definition) is 6. The second-order valence-electron chi connectivity index (χ2n) is 6.41. The largest absolute Gasteiger partial charge is 0.481 e. The molecule has 0 aliphatic carbocycles. The Morgan fingerprint density at radius 3 is 2.37 bits per heavy atom. The number of aliphatic hydroxyl groups is 1.